The molecule has 18 heavy (non-hydrogen) atoms. The standard InChI is InChI=1S/C16H24OSi/c1-16(2,3)18(4,5)13-9-10-14-12(11-13)7-6-8-15(14)17/h9-11H,6-8H2,1-5H3. The van der Waals surface area contributed by atoms with Crippen LogP contribution in [0.1, 0.15) is 49.5 Å². The Labute approximate surface area is 112 Å². The van der Waals surface area contributed by atoms with Crippen LogP contribution < -0.4 is 5.19 Å². The number of carbonyl (C=O) groups is 1. The summed E-state index contributed by atoms with van der Waals surface area (Å²) in [6.45, 7) is 11.9. The van der Waals surface area contributed by atoms with Gasteiger partial charge in [0, 0.05) is 12.0 Å². The normalized spacial score (nSPS) is 16.6. The van der Waals surface area contributed by atoms with E-state index in [1.165, 1.54) is 10.8 Å². The first-order chi connectivity index (χ1) is 8.23. The number of hydrogen-bond donors (Lipinski definition) is 0. The van der Waals surface area contributed by atoms with Gasteiger partial charge in [0.15, 0.2) is 5.78 Å². The summed E-state index contributed by atoms with van der Waals surface area (Å²) in [5, 5.41) is 1.84. The van der Waals surface area contributed by atoms with Crippen LogP contribution in [-0.4, -0.2) is 13.9 Å². The highest BCUT2D eigenvalue weighted by molar-refractivity contribution is 6.92. The van der Waals surface area contributed by atoms with Gasteiger partial charge in [-0.15, -0.1) is 0 Å². The average Bonchev–Trinajstić information content (AvgIpc) is 2.27. The summed E-state index contributed by atoms with van der Waals surface area (Å²) in [7, 11) is -1.47. The van der Waals surface area contributed by atoms with E-state index in [0.29, 0.717) is 10.8 Å². The van der Waals surface area contributed by atoms with Gasteiger partial charge < -0.3 is 0 Å². The summed E-state index contributed by atoms with van der Waals surface area (Å²) in [4.78, 5) is 11.9. The van der Waals surface area contributed by atoms with E-state index in [4.69, 9.17) is 0 Å². The molecule has 0 fully saturated rings. The molecule has 0 unspecified atom stereocenters. The highest BCUT2D eigenvalue weighted by atomic mass is 28.3. The van der Waals surface area contributed by atoms with Crippen LogP contribution in [0.25, 0.3) is 0 Å². The fraction of sp³-hybridized carbons (Fsp3) is 0.562. The van der Waals surface area contributed by atoms with Crippen molar-refractivity contribution >= 4 is 19.0 Å². The van der Waals surface area contributed by atoms with Gasteiger partial charge in [-0.05, 0) is 23.4 Å². The Morgan fingerprint density at radius 2 is 1.78 bits per heavy atom. The molecule has 0 bridgehead atoms. The van der Waals surface area contributed by atoms with Gasteiger partial charge in [0.05, 0.1) is 8.07 Å². The first kappa shape index (κ1) is 13.5. The minimum atomic E-state index is -1.47. The first-order valence-corrected chi connectivity index (χ1v) is 9.90. The van der Waals surface area contributed by atoms with Crippen LogP contribution in [0.5, 0.6) is 0 Å². The van der Waals surface area contributed by atoms with E-state index in [2.05, 4.69) is 52.1 Å². The van der Waals surface area contributed by atoms with Crippen molar-refractivity contribution in [2.75, 3.05) is 0 Å². The summed E-state index contributed by atoms with van der Waals surface area (Å²) in [5.41, 5.74) is 2.26. The quantitative estimate of drug-likeness (QED) is 0.699. The molecule has 1 nitrogen and oxygen atoms in total. The van der Waals surface area contributed by atoms with Crippen LogP contribution >= 0.6 is 0 Å². The molecule has 0 N–H and O–H groups in total. The molecule has 0 aliphatic heterocycles. The van der Waals surface area contributed by atoms with E-state index in [0.717, 1.165) is 24.8 Å². The third kappa shape index (κ3) is 2.18. The summed E-state index contributed by atoms with van der Waals surface area (Å²) in [6, 6.07) is 6.61. The number of benzene rings is 1. The fourth-order valence-corrected chi connectivity index (χ4v) is 4.37. The third-order valence-electron chi connectivity index (χ3n) is 4.85. The number of fused-ring (bicyclic) bond motifs is 1. The second-order valence-corrected chi connectivity index (χ2v) is 12.4. The lowest BCUT2D eigenvalue weighted by molar-refractivity contribution is 0.0972. The maximum Gasteiger partial charge on any atom is 0.163 e. The zero-order valence-electron chi connectivity index (χ0n) is 12.3. The van der Waals surface area contributed by atoms with Crippen LogP contribution in [0.4, 0.5) is 0 Å². The largest absolute Gasteiger partial charge is 0.294 e. The van der Waals surface area contributed by atoms with Gasteiger partial charge in [-0.1, -0.05) is 57.3 Å². The Morgan fingerprint density at radius 3 is 2.39 bits per heavy atom. The predicted molar refractivity (Wildman–Crippen MR) is 80.5 cm³/mol. The highest BCUT2D eigenvalue weighted by Gasteiger charge is 2.37. The molecule has 1 aliphatic rings. The van der Waals surface area contributed by atoms with Gasteiger partial charge in [-0.25, -0.2) is 0 Å². The molecule has 2 rings (SSSR count). The van der Waals surface area contributed by atoms with Crippen molar-refractivity contribution in [2.24, 2.45) is 0 Å². The Kier molecular flexibility index (Phi) is 3.26. The minimum Gasteiger partial charge on any atom is -0.294 e. The molecule has 0 atom stereocenters. The molecule has 1 aromatic rings. The third-order valence-corrected chi connectivity index (χ3v) is 10.4. The zero-order chi connectivity index (χ0) is 13.6. The second-order valence-electron chi connectivity index (χ2n) is 7.02. The van der Waals surface area contributed by atoms with E-state index >= 15 is 0 Å². The maximum absolute atomic E-state index is 11.9. The van der Waals surface area contributed by atoms with Crippen molar-refractivity contribution in [3.8, 4) is 0 Å². The first-order valence-electron chi connectivity index (χ1n) is 6.90. The van der Waals surface area contributed by atoms with Crippen LogP contribution in [0.3, 0.4) is 0 Å². The molecule has 0 saturated carbocycles. The molecular formula is C16H24OSi. The number of rotatable bonds is 1. The van der Waals surface area contributed by atoms with Gasteiger partial charge in [0.2, 0.25) is 0 Å². The molecule has 0 amide bonds. The second kappa shape index (κ2) is 4.34. The van der Waals surface area contributed by atoms with Gasteiger partial charge >= 0.3 is 0 Å². The van der Waals surface area contributed by atoms with Gasteiger partial charge in [0.1, 0.15) is 0 Å². The Balaban J connectivity index is 2.46. The Hall–Kier alpha value is -0.893. The lowest BCUT2D eigenvalue weighted by atomic mass is 9.91. The molecule has 1 aliphatic carbocycles. The number of carbonyl (C=O) groups excluding carboxylic acids is 1. The summed E-state index contributed by atoms with van der Waals surface area (Å²) >= 11 is 0. The molecule has 0 heterocycles. The van der Waals surface area contributed by atoms with Gasteiger partial charge in [-0.2, -0.15) is 0 Å². The molecule has 0 saturated heterocycles. The minimum absolute atomic E-state index is 0.332. The van der Waals surface area contributed by atoms with Crippen molar-refractivity contribution in [3.05, 3.63) is 29.3 Å². The van der Waals surface area contributed by atoms with E-state index in [-0.39, 0.29) is 0 Å². The van der Waals surface area contributed by atoms with Crippen molar-refractivity contribution in [1.29, 1.82) is 0 Å². The monoisotopic (exact) mass is 260 g/mol. The van der Waals surface area contributed by atoms with Crippen LogP contribution in [0, 0.1) is 0 Å². The fourth-order valence-electron chi connectivity index (χ4n) is 2.47. The maximum atomic E-state index is 11.9. The average molecular weight is 260 g/mol. The number of ketones is 1. The van der Waals surface area contributed by atoms with E-state index in [1.807, 2.05) is 0 Å². The van der Waals surface area contributed by atoms with Gasteiger partial charge in [-0.3, -0.25) is 4.79 Å². The van der Waals surface area contributed by atoms with E-state index < -0.39 is 8.07 Å². The van der Waals surface area contributed by atoms with E-state index in [1.54, 1.807) is 0 Å². The van der Waals surface area contributed by atoms with Crippen molar-refractivity contribution in [1.82, 2.24) is 0 Å². The summed E-state index contributed by atoms with van der Waals surface area (Å²) < 4.78 is 0. The summed E-state index contributed by atoms with van der Waals surface area (Å²) in [6.07, 6.45) is 2.82. The molecule has 98 valence electrons. The highest BCUT2D eigenvalue weighted by Crippen LogP contribution is 2.36. The van der Waals surface area contributed by atoms with Crippen molar-refractivity contribution in [2.45, 2.75) is 58.2 Å². The molecule has 0 radical (unpaired) electrons. The molecule has 2 heteroatoms. The van der Waals surface area contributed by atoms with Crippen LogP contribution in [0.2, 0.25) is 18.1 Å². The van der Waals surface area contributed by atoms with Crippen LogP contribution in [-0.2, 0) is 6.42 Å². The number of Topliss-reactive ketones (excluding diaryl/α,β-unsaturated/α-hetero) is 1. The lowest BCUT2D eigenvalue weighted by Crippen LogP contribution is -2.49. The molecule has 0 spiro atoms. The van der Waals surface area contributed by atoms with Crippen LogP contribution in [0.15, 0.2) is 18.2 Å². The zero-order valence-corrected chi connectivity index (χ0v) is 13.3. The molecular weight excluding hydrogens is 236 g/mol. The topological polar surface area (TPSA) is 17.1 Å². The molecule has 0 aromatic heterocycles. The smallest absolute Gasteiger partial charge is 0.163 e. The van der Waals surface area contributed by atoms with Crippen molar-refractivity contribution < 1.29 is 4.79 Å². The lowest BCUT2D eigenvalue weighted by Gasteiger charge is -2.38. The summed E-state index contributed by atoms with van der Waals surface area (Å²) in [5.74, 6) is 0.332. The van der Waals surface area contributed by atoms with Crippen molar-refractivity contribution in [3.63, 3.8) is 0 Å². The van der Waals surface area contributed by atoms with Gasteiger partial charge in [0.25, 0.3) is 0 Å². The Bertz CT molecular complexity index is 480. The number of aryl methyl sites for hydroxylation is 1. The van der Waals surface area contributed by atoms with E-state index in [9.17, 15) is 4.79 Å². The number of hydrogen-bond acceptors (Lipinski definition) is 1. The Morgan fingerprint density at radius 1 is 1.11 bits per heavy atom. The predicted octanol–water partition coefficient (Wildman–Crippen LogP) is 3.92. The SMILES string of the molecule is CC(C)(C)[Si](C)(C)c1ccc2c(c1)CCCC2=O. The molecule has 1 aromatic carbocycles.